The van der Waals surface area contributed by atoms with Crippen molar-refractivity contribution in [1.82, 2.24) is 4.98 Å². The molecule has 5 heteroatoms. The molecule has 1 heterocycles. The highest BCUT2D eigenvalue weighted by molar-refractivity contribution is 5.39. The van der Waals surface area contributed by atoms with Crippen molar-refractivity contribution in [3.05, 3.63) is 30.4 Å². The molecule has 0 amide bonds. The van der Waals surface area contributed by atoms with Gasteiger partial charge in [0, 0.05) is 12.6 Å². The molecule has 0 saturated carbocycles. The molecule has 100 valence electrons. The Morgan fingerprint density at radius 3 is 2.89 bits per heavy atom. The summed E-state index contributed by atoms with van der Waals surface area (Å²) in [6, 6.07) is 0.786. The van der Waals surface area contributed by atoms with Gasteiger partial charge in [0.15, 0.2) is 17.5 Å². The van der Waals surface area contributed by atoms with E-state index in [1.807, 2.05) is 6.92 Å². The van der Waals surface area contributed by atoms with Gasteiger partial charge in [-0.25, -0.2) is 8.78 Å². The van der Waals surface area contributed by atoms with Gasteiger partial charge < -0.3 is 10.1 Å². The van der Waals surface area contributed by atoms with Crippen LogP contribution in [0.3, 0.4) is 0 Å². The minimum atomic E-state index is -0.784. The smallest absolute Gasteiger partial charge is 0.252 e. The maximum Gasteiger partial charge on any atom is 0.252 e. The standard InChI is InChI=1S/C13H18F2N2O/c1-3-5-6-8-18-13-11(15)9-10(14)12(17-13)16-7-4-2/h3,9H,1,4-8H2,2H3,(H,16,17). The number of anilines is 1. The molecule has 0 aliphatic carbocycles. The van der Waals surface area contributed by atoms with Gasteiger partial charge in [-0.1, -0.05) is 13.0 Å². The summed E-state index contributed by atoms with van der Waals surface area (Å²) in [5.74, 6) is -1.64. The lowest BCUT2D eigenvalue weighted by molar-refractivity contribution is 0.283. The normalized spacial score (nSPS) is 10.2. The van der Waals surface area contributed by atoms with Crippen LogP contribution in [-0.4, -0.2) is 18.1 Å². The molecular formula is C13H18F2N2O. The van der Waals surface area contributed by atoms with E-state index < -0.39 is 11.6 Å². The topological polar surface area (TPSA) is 34.1 Å². The molecule has 0 aromatic carbocycles. The van der Waals surface area contributed by atoms with Gasteiger partial charge in [0.2, 0.25) is 0 Å². The van der Waals surface area contributed by atoms with Gasteiger partial charge in [-0.3, -0.25) is 0 Å². The van der Waals surface area contributed by atoms with E-state index in [0.29, 0.717) is 13.2 Å². The van der Waals surface area contributed by atoms with Crippen molar-refractivity contribution in [3.8, 4) is 5.88 Å². The highest BCUT2D eigenvalue weighted by Crippen LogP contribution is 2.21. The number of halogens is 2. The molecule has 1 rings (SSSR count). The number of nitrogens with one attached hydrogen (secondary N) is 1. The van der Waals surface area contributed by atoms with Crippen LogP contribution in [0.25, 0.3) is 0 Å². The van der Waals surface area contributed by atoms with Crippen molar-refractivity contribution in [2.75, 3.05) is 18.5 Å². The lowest BCUT2D eigenvalue weighted by Gasteiger charge is -2.09. The van der Waals surface area contributed by atoms with Crippen LogP contribution in [0, 0.1) is 11.6 Å². The first-order valence-corrected chi connectivity index (χ1v) is 6.02. The molecule has 0 unspecified atom stereocenters. The van der Waals surface area contributed by atoms with Crippen LogP contribution in [0.1, 0.15) is 26.2 Å². The minimum Gasteiger partial charge on any atom is -0.476 e. The molecule has 0 atom stereocenters. The van der Waals surface area contributed by atoms with Crippen LogP contribution in [-0.2, 0) is 0 Å². The van der Waals surface area contributed by atoms with Gasteiger partial charge in [-0.15, -0.1) is 6.58 Å². The van der Waals surface area contributed by atoms with Gasteiger partial charge in [-0.05, 0) is 19.3 Å². The van der Waals surface area contributed by atoms with Gasteiger partial charge in [0.25, 0.3) is 5.88 Å². The van der Waals surface area contributed by atoms with Gasteiger partial charge in [-0.2, -0.15) is 4.98 Å². The predicted molar refractivity (Wildman–Crippen MR) is 67.9 cm³/mol. The quantitative estimate of drug-likeness (QED) is 0.570. The highest BCUT2D eigenvalue weighted by Gasteiger charge is 2.12. The second kappa shape index (κ2) is 7.63. The summed E-state index contributed by atoms with van der Waals surface area (Å²) in [4.78, 5) is 3.80. The Morgan fingerprint density at radius 2 is 2.22 bits per heavy atom. The van der Waals surface area contributed by atoms with Crippen molar-refractivity contribution in [3.63, 3.8) is 0 Å². The van der Waals surface area contributed by atoms with E-state index in [1.54, 1.807) is 6.08 Å². The largest absolute Gasteiger partial charge is 0.476 e. The second-order valence-corrected chi connectivity index (χ2v) is 3.81. The van der Waals surface area contributed by atoms with Crippen LogP contribution in [0.4, 0.5) is 14.6 Å². The minimum absolute atomic E-state index is 0.0250. The summed E-state index contributed by atoms with van der Waals surface area (Å²) < 4.78 is 31.9. The summed E-state index contributed by atoms with van der Waals surface area (Å²) in [6.07, 6.45) is 4.09. The Kier molecular flexibility index (Phi) is 6.11. The van der Waals surface area contributed by atoms with E-state index in [2.05, 4.69) is 16.9 Å². The van der Waals surface area contributed by atoms with Crippen molar-refractivity contribution in [2.24, 2.45) is 0 Å². The van der Waals surface area contributed by atoms with Gasteiger partial charge in [0.1, 0.15) is 0 Å². The van der Waals surface area contributed by atoms with Crippen molar-refractivity contribution < 1.29 is 13.5 Å². The van der Waals surface area contributed by atoms with Crippen molar-refractivity contribution in [2.45, 2.75) is 26.2 Å². The number of pyridine rings is 1. The summed E-state index contributed by atoms with van der Waals surface area (Å²) in [5, 5.41) is 2.78. The van der Waals surface area contributed by atoms with E-state index in [-0.39, 0.29) is 11.7 Å². The van der Waals surface area contributed by atoms with Gasteiger partial charge >= 0.3 is 0 Å². The van der Waals surface area contributed by atoms with Crippen molar-refractivity contribution in [1.29, 1.82) is 0 Å². The van der Waals surface area contributed by atoms with E-state index in [4.69, 9.17) is 4.74 Å². The molecule has 1 aromatic rings. The highest BCUT2D eigenvalue weighted by atomic mass is 19.1. The molecule has 0 spiro atoms. The number of rotatable bonds is 8. The van der Waals surface area contributed by atoms with Gasteiger partial charge in [0.05, 0.1) is 6.61 Å². The molecule has 0 saturated heterocycles. The van der Waals surface area contributed by atoms with E-state index >= 15 is 0 Å². The van der Waals surface area contributed by atoms with Crippen LogP contribution >= 0.6 is 0 Å². The maximum absolute atomic E-state index is 13.4. The SMILES string of the molecule is C=CCCCOc1nc(NCCC)c(F)cc1F. The molecule has 1 aromatic heterocycles. The van der Waals surface area contributed by atoms with E-state index in [0.717, 1.165) is 25.3 Å². The average molecular weight is 256 g/mol. The molecule has 3 nitrogen and oxygen atoms in total. The second-order valence-electron chi connectivity index (χ2n) is 3.81. The number of aromatic nitrogens is 1. The molecule has 0 bridgehead atoms. The summed E-state index contributed by atoms with van der Waals surface area (Å²) in [5.41, 5.74) is 0. The molecular weight excluding hydrogens is 238 g/mol. The fraction of sp³-hybridized carbons (Fsp3) is 0.462. The number of allylic oxidation sites excluding steroid dienone is 1. The lowest BCUT2D eigenvalue weighted by Crippen LogP contribution is -2.08. The zero-order valence-electron chi connectivity index (χ0n) is 10.5. The third-order valence-electron chi connectivity index (χ3n) is 2.23. The predicted octanol–water partition coefficient (Wildman–Crippen LogP) is 3.53. The number of hydrogen-bond donors (Lipinski definition) is 1. The molecule has 0 aliphatic heterocycles. The molecule has 0 fully saturated rings. The Hall–Kier alpha value is -1.65. The van der Waals surface area contributed by atoms with Crippen LogP contribution < -0.4 is 10.1 Å². The fourth-order valence-electron chi connectivity index (χ4n) is 1.31. The van der Waals surface area contributed by atoms with Crippen LogP contribution in [0.15, 0.2) is 18.7 Å². The molecule has 18 heavy (non-hydrogen) atoms. The number of unbranched alkanes of at least 4 members (excludes halogenated alkanes) is 1. The summed E-state index contributed by atoms with van der Waals surface area (Å²) in [6.45, 7) is 6.43. The number of nitrogens with zero attached hydrogens (tertiary/aromatic N) is 1. The monoisotopic (exact) mass is 256 g/mol. The van der Waals surface area contributed by atoms with E-state index in [1.165, 1.54) is 0 Å². The summed E-state index contributed by atoms with van der Waals surface area (Å²) >= 11 is 0. The molecule has 0 aliphatic rings. The average Bonchev–Trinajstić information content (AvgIpc) is 2.35. The number of hydrogen-bond acceptors (Lipinski definition) is 3. The first-order valence-electron chi connectivity index (χ1n) is 6.02. The molecule has 0 radical (unpaired) electrons. The Bertz CT molecular complexity index is 397. The first kappa shape index (κ1) is 14.4. The third kappa shape index (κ3) is 4.31. The zero-order valence-corrected chi connectivity index (χ0v) is 10.5. The fourth-order valence-corrected chi connectivity index (χ4v) is 1.31. The Balaban J connectivity index is 2.68. The Morgan fingerprint density at radius 1 is 1.44 bits per heavy atom. The first-order chi connectivity index (χ1) is 8.69. The molecule has 1 N–H and O–H groups in total. The van der Waals surface area contributed by atoms with Crippen molar-refractivity contribution >= 4 is 5.82 Å². The third-order valence-corrected chi connectivity index (χ3v) is 2.23. The Labute approximate surface area is 106 Å². The van der Waals surface area contributed by atoms with E-state index in [9.17, 15) is 8.78 Å². The number of ether oxygens (including phenoxy) is 1. The summed E-state index contributed by atoms with van der Waals surface area (Å²) in [7, 11) is 0. The zero-order chi connectivity index (χ0) is 13.4. The van der Waals surface area contributed by atoms with Crippen LogP contribution in [0.5, 0.6) is 5.88 Å². The lowest BCUT2D eigenvalue weighted by atomic mass is 10.3. The van der Waals surface area contributed by atoms with Crippen LogP contribution in [0.2, 0.25) is 0 Å². The maximum atomic E-state index is 13.4.